The Morgan fingerprint density at radius 3 is 2.52 bits per heavy atom. The van der Waals surface area contributed by atoms with Gasteiger partial charge >= 0.3 is 0 Å². The number of aromatic nitrogens is 2. The summed E-state index contributed by atoms with van der Waals surface area (Å²) < 4.78 is 16.9. The van der Waals surface area contributed by atoms with Crippen molar-refractivity contribution in [3.63, 3.8) is 0 Å². The number of para-hydroxylation sites is 1. The van der Waals surface area contributed by atoms with Crippen molar-refractivity contribution in [1.29, 1.82) is 0 Å². The number of hydrogen-bond acceptors (Lipinski definition) is 2. The number of nitrogens with one attached hydrogen (secondary N) is 1. The van der Waals surface area contributed by atoms with Crippen LogP contribution >= 0.6 is 11.6 Å². The van der Waals surface area contributed by atoms with Crippen molar-refractivity contribution in [3.05, 3.63) is 81.0 Å². The lowest BCUT2D eigenvalue weighted by Gasteiger charge is -2.07. The number of carbonyl (C=O) groups excluding carboxylic acids is 1. The third kappa shape index (κ3) is 3.08. The molecule has 3 rings (SSSR count). The van der Waals surface area contributed by atoms with Crippen molar-refractivity contribution in [2.24, 2.45) is 7.05 Å². The zero-order valence-corrected chi connectivity index (χ0v) is 14.3. The first-order valence-electron chi connectivity index (χ1n) is 7.50. The largest absolute Gasteiger partial charge is 0.316 e. The molecule has 1 aromatic heterocycles. The summed E-state index contributed by atoms with van der Waals surface area (Å²) in [5.41, 5.74) is 0.677. The molecule has 0 aliphatic rings. The van der Waals surface area contributed by atoms with Crippen LogP contribution in [0.2, 0.25) is 5.02 Å². The van der Waals surface area contributed by atoms with E-state index < -0.39 is 17.3 Å². The van der Waals surface area contributed by atoms with E-state index in [0.717, 1.165) is 6.07 Å². The first-order valence-corrected chi connectivity index (χ1v) is 7.88. The summed E-state index contributed by atoms with van der Waals surface area (Å²) in [7, 11) is 1.71. The van der Waals surface area contributed by atoms with Crippen LogP contribution in [0, 0.1) is 12.7 Å². The predicted octanol–water partition coefficient (Wildman–Crippen LogP) is 3.53. The summed E-state index contributed by atoms with van der Waals surface area (Å²) in [5.74, 6) is -1.44. The number of halogens is 2. The van der Waals surface area contributed by atoms with Crippen molar-refractivity contribution in [2.45, 2.75) is 6.92 Å². The van der Waals surface area contributed by atoms with Crippen LogP contribution in [-0.2, 0) is 7.05 Å². The Hall–Kier alpha value is -2.86. The van der Waals surface area contributed by atoms with Gasteiger partial charge in [0.25, 0.3) is 11.5 Å². The Kier molecular flexibility index (Phi) is 4.46. The molecule has 0 saturated heterocycles. The quantitative estimate of drug-likeness (QED) is 0.777. The van der Waals surface area contributed by atoms with Gasteiger partial charge < -0.3 is 5.32 Å². The molecule has 1 amide bonds. The molecule has 0 spiro atoms. The van der Waals surface area contributed by atoms with Crippen molar-refractivity contribution in [2.75, 3.05) is 5.32 Å². The molecular formula is C18H15ClFN3O2. The summed E-state index contributed by atoms with van der Waals surface area (Å²) in [5, 5.41) is 2.74. The summed E-state index contributed by atoms with van der Waals surface area (Å²) in [6.45, 7) is 1.70. The van der Waals surface area contributed by atoms with Gasteiger partial charge in [0.2, 0.25) is 0 Å². The lowest BCUT2D eigenvalue weighted by atomic mass is 10.2. The summed E-state index contributed by atoms with van der Waals surface area (Å²) in [6, 6.07) is 12.7. The van der Waals surface area contributed by atoms with Gasteiger partial charge in [-0.1, -0.05) is 29.8 Å². The molecule has 0 fully saturated rings. The van der Waals surface area contributed by atoms with Gasteiger partial charge in [0, 0.05) is 12.1 Å². The fourth-order valence-electron chi connectivity index (χ4n) is 2.56. The van der Waals surface area contributed by atoms with Crippen LogP contribution in [0.4, 0.5) is 10.1 Å². The molecule has 0 aliphatic heterocycles. The maximum Gasteiger partial charge on any atom is 0.295 e. The SMILES string of the molecule is Cc1c(NC(=O)c2cc(Cl)ccc2F)c(=O)n(-c2ccccc2)n1C. The number of benzene rings is 2. The van der Waals surface area contributed by atoms with Gasteiger partial charge in [-0.3, -0.25) is 14.3 Å². The number of amides is 1. The summed E-state index contributed by atoms with van der Waals surface area (Å²) in [4.78, 5) is 25.1. The van der Waals surface area contributed by atoms with Crippen molar-refractivity contribution >= 4 is 23.2 Å². The molecule has 128 valence electrons. The number of carbonyl (C=O) groups is 1. The highest BCUT2D eigenvalue weighted by Crippen LogP contribution is 2.18. The Balaban J connectivity index is 2.03. The molecule has 0 saturated carbocycles. The van der Waals surface area contributed by atoms with Gasteiger partial charge in [0.05, 0.1) is 16.9 Å². The lowest BCUT2D eigenvalue weighted by molar-refractivity contribution is 0.102. The van der Waals surface area contributed by atoms with E-state index in [4.69, 9.17) is 11.6 Å². The lowest BCUT2D eigenvalue weighted by Crippen LogP contribution is -2.23. The van der Waals surface area contributed by atoms with Gasteiger partial charge in [0.15, 0.2) is 0 Å². The highest BCUT2D eigenvalue weighted by Gasteiger charge is 2.20. The van der Waals surface area contributed by atoms with E-state index in [1.54, 1.807) is 30.8 Å². The zero-order valence-electron chi connectivity index (χ0n) is 13.6. The highest BCUT2D eigenvalue weighted by molar-refractivity contribution is 6.31. The molecule has 7 heteroatoms. The van der Waals surface area contributed by atoms with Crippen LogP contribution in [0.25, 0.3) is 5.69 Å². The Morgan fingerprint density at radius 2 is 1.84 bits per heavy atom. The fourth-order valence-corrected chi connectivity index (χ4v) is 2.74. The molecule has 25 heavy (non-hydrogen) atoms. The van der Waals surface area contributed by atoms with Gasteiger partial charge in [-0.25, -0.2) is 9.07 Å². The van der Waals surface area contributed by atoms with E-state index in [0.29, 0.717) is 11.4 Å². The maximum absolute atomic E-state index is 13.9. The molecule has 5 nitrogen and oxygen atoms in total. The number of rotatable bonds is 3. The Labute approximate surface area is 148 Å². The molecule has 0 atom stereocenters. The minimum absolute atomic E-state index is 0.0933. The van der Waals surface area contributed by atoms with Gasteiger partial charge in [-0.2, -0.15) is 0 Å². The number of nitrogens with zero attached hydrogens (tertiary/aromatic N) is 2. The first-order chi connectivity index (χ1) is 11.9. The Morgan fingerprint density at radius 1 is 1.16 bits per heavy atom. The predicted molar refractivity (Wildman–Crippen MR) is 95.1 cm³/mol. The van der Waals surface area contributed by atoms with Crippen LogP contribution in [0.15, 0.2) is 53.3 Å². The van der Waals surface area contributed by atoms with Crippen LogP contribution in [0.3, 0.4) is 0 Å². The van der Waals surface area contributed by atoms with Gasteiger partial charge in [-0.05, 0) is 37.3 Å². The van der Waals surface area contributed by atoms with E-state index in [1.165, 1.54) is 16.8 Å². The van der Waals surface area contributed by atoms with Crippen LogP contribution in [-0.4, -0.2) is 15.3 Å². The van der Waals surface area contributed by atoms with Crippen LogP contribution in [0.1, 0.15) is 16.1 Å². The molecule has 1 N–H and O–H groups in total. The molecule has 3 aromatic rings. The topological polar surface area (TPSA) is 56.0 Å². The van der Waals surface area contributed by atoms with E-state index in [9.17, 15) is 14.0 Å². The zero-order chi connectivity index (χ0) is 18.1. The average Bonchev–Trinajstić information content (AvgIpc) is 2.81. The minimum atomic E-state index is -0.731. The van der Waals surface area contributed by atoms with Gasteiger partial charge in [-0.15, -0.1) is 0 Å². The van der Waals surface area contributed by atoms with E-state index >= 15 is 0 Å². The Bertz CT molecular complexity index is 1010. The standard InChI is InChI=1S/C18H15ClFN3O2/c1-11-16(21-17(24)14-10-12(19)8-9-15(14)20)18(25)23(22(11)2)13-6-4-3-5-7-13/h3-10H,1-2H3,(H,21,24). The van der Waals surface area contributed by atoms with Crippen molar-refractivity contribution in [3.8, 4) is 5.69 Å². The van der Waals surface area contributed by atoms with Crippen LogP contribution < -0.4 is 10.9 Å². The average molecular weight is 360 g/mol. The molecule has 0 bridgehead atoms. The highest BCUT2D eigenvalue weighted by atomic mass is 35.5. The normalized spacial score (nSPS) is 10.7. The second-order valence-electron chi connectivity index (χ2n) is 5.51. The monoisotopic (exact) mass is 359 g/mol. The number of hydrogen-bond donors (Lipinski definition) is 1. The first kappa shape index (κ1) is 17.0. The maximum atomic E-state index is 13.9. The van der Waals surface area contributed by atoms with E-state index in [-0.39, 0.29) is 16.3 Å². The van der Waals surface area contributed by atoms with E-state index in [2.05, 4.69) is 5.32 Å². The molecule has 0 aliphatic carbocycles. The third-order valence-corrected chi connectivity index (χ3v) is 4.20. The van der Waals surface area contributed by atoms with Crippen LogP contribution in [0.5, 0.6) is 0 Å². The molecular weight excluding hydrogens is 345 g/mol. The second-order valence-corrected chi connectivity index (χ2v) is 5.95. The molecule has 0 radical (unpaired) electrons. The second kappa shape index (κ2) is 6.57. The van der Waals surface area contributed by atoms with Crippen molar-refractivity contribution in [1.82, 2.24) is 9.36 Å². The molecule has 2 aromatic carbocycles. The molecule has 0 unspecified atom stereocenters. The minimum Gasteiger partial charge on any atom is -0.316 e. The molecule has 1 heterocycles. The smallest absolute Gasteiger partial charge is 0.295 e. The van der Waals surface area contributed by atoms with Crippen molar-refractivity contribution < 1.29 is 9.18 Å². The van der Waals surface area contributed by atoms with E-state index in [1.807, 2.05) is 18.2 Å². The summed E-state index contributed by atoms with van der Waals surface area (Å²) >= 11 is 5.82. The fraction of sp³-hybridized carbons (Fsp3) is 0.111. The number of anilines is 1. The summed E-state index contributed by atoms with van der Waals surface area (Å²) in [6.07, 6.45) is 0. The van der Waals surface area contributed by atoms with Gasteiger partial charge in [0.1, 0.15) is 11.5 Å². The third-order valence-electron chi connectivity index (χ3n) is 3.97.